The number of amides is 1. The number of esters is 1. The predicted molar refractivity (Wildman–Crippen MR) is 179 cm³/mol. The van der Waals surface area contributed by atoms with E-state index in [1.807, 2.05) is 13.0 Å². The Bertz CT molecular complexity index is 990. The fraction of sp³-hybridized carbons (Fsp3) is 0.657. The zero-order valence-corrected chi connectivity index (χ0v) is 28.0. The average Bonchev–Trinajstić information content (AvgIpc) is 3.25. The van der Waals surface area contributed by atoms with Gasteiger partial charge in [-0.2, -0.15) is 0 Å². The van der Waals surface area contributed by atoms with Crippen LogP contribution in [0.4, 0.5) is 0 Å². The molecule has 2 unspecified atom stereocenters. The van der Waals surface area contributed by atoms with E-state index in [1.54, 1.807) is 0 Å². The highest BCUT2D eigenvalue weighted by molar-refractivity contribution is 9.09. The van der Waals surface area contributed by atoms with Crippen LogP contribution in [0.1, 0.15) is 96.5 Å². The molecule has 2 aliphatic rings. The van der Waals surface area contributed by atoms with Crippen LogP contribution in [0, 0.1) is 11.8 Å². The normalized spacial score (nSPS) is 22.3. The summed E-state index contributed by atoms with van der Waals surface area (Å²) in [6.45, 7) is 4.82. The van der Waals surface area contributed by atoms with Gasteiger partial charge < -0.3 is 19.4 Å². The van der Waals surface area contributed by atoms with E-state index in [0.29, 0.717) is 25.3 Å². The monoisotopic (exact) mass is 657 g/mol. The van der Waals surface area contributed by atoms with Crippen molar-refractivity contribution in [2.24, 2.45) is 11.8 Å². The summed E-state index contributed by atoms with van der Waals surface area (Å²) in [5, 5.41) is 3.83. The van der Waals surface area contributed by atoms with E-state index in [4.69, 9.17) is 14.0 Å². The highest BCUT2D eigenvalue weighted by Gasteiger charge is 2.49. The summed E-state index contributed by atoms with van der Waals surface area (Å²) in [7, 11) is -0.142. The van der Waals surface area contributed by atoms with Gasteiger partial charge in [0.25, 0.3) is 0 Å². The summed E-state index contributed by atoms with van der Waals surface area (Å²) in [6.07, 6.45) is 21.1. The van der Waals surface area contributed by atoms with Crippen molar-refractivity contribution in [1.82, 2.24) is 5.32 Å². The number of alkyl halides is 1. The topological polar surface area (TPSA) is 73.9 Å². The summed E-state index contributed by atoms with van der Waals surface area (Å²) in [5.41, 5.74) is 1.25. The maximum Gasteiger partial charge on any atom is 0.457 e. The Hall–Kier alpha value is -1.90. The van der Waals surface area contributed by atoms with E-state index in [1.165, 1.54) is 5.56 Å². The number of nitrogens with one attached hydrogen (secondary N) is 1. The van der Waals surface area contributed by atoms with Crippen molar-refractivity contribution in [3.63, 3.8) is 0 Å². The number of halogens is 1. The highest BCUT2D eigenvalue weighted by atomic mass is 79.9. The first kappa shape index (κ1) is 35.6. The molecule has 1 saturated heterocycles. The van der Waals surface area contributed by atoms with E-state index in [2.05, 4.69) is 76.7 Å². The molecule has 1 aromatic rings. The number of rotatable bonds is 21. The Morgan fingerprint density at radius 3 is 2.63 bits per heavy atom. The summed E-state index contributed by atoms with van der Waals surface area (Å²) >= 11 is 3.47. The molecule has 1 heterocycles. The summed E-state index contributed by atoms with van der Waals surface area (Å²) in [5.74, 6) is 0.514. The number of hydrogen-bond donors (Lipinski definition) is 1. The van der Waals surface area contributed by atoms with Crippen LogP contribution in [0.15, 0.2) is 54.6 Å². The Morgan fingerprint density at radius 1 is 1.05 bits per heavy atom. The van der Waals surface area contributed by atoms with E-state index in [-0.39, 0.29) is 43.2 Å². The van der Waals surface area contributed by atoms with Crippen LogP contribution in [-0.4, -0.2) is 49.2 Å². The third-order valence-corrected chi connectivity index (χ3v) is 9.00. The van der Waals surface area contributed by atoms with Gasteiger partial charge in [0.2, 0.25) is 5.91 Å². The molecule has 1 N–H and O–H groups in total. The summed E-state index contributed by atoms with van der Waals surface area (Å²) in [4.78, 5) is 24.5. The molecular weight excluding hydrogens is 605 g/mol. The first-order valence-corrected chi connectivity index (χ1v) is 17.9. The average molecular weight is 659 g/mol. The molecule has 0 aromatic heterocycles. The van der Waals surface area contributed by atoms with Gasteiger partial charge in [0, 0.05) is 36.7 Å². The van der Waals surface area contributed by atoms with Crippen molar-refractivity contribution < 1.29 is 23.6 Å². The summed E-state index contributed by atoms with van der Waals surface area (Å²) < 4.78 is 19.0. The van der Waals surface area contributed by atoms with Gasteiger partial charge in [0.15, 0.2) is 0 Å². The minimum Gasteiger partial charge on any atom is -0.458 e. The Labute approximate surface area is 269 Å². The quantitative estimate of drug-likeness (QED) is 0.0477. The van der Waals surface area contributed by atoms with Crippen molar-refractivity contribution in [2.75, 3.05) is 11.9 Å². The lowest BCUT2D eigenvalue weighted by Crippen LogP contribution is -2.37. The van der Waals surface area contributed by atoms with Crippen LogP contribution in [-0.2, 0) is 30.1 Å². The maximum absolute atomic E-state index is 12.8. The second-order valence-electron chi connectivity index (χ2n) is 11.9. The number of carbonyl (C=O) groups excluding carboxylic acids is 2. The number of unbranched alkanes of at least 4 members (excludes halogenated alkanes) is 4. The molecule has 2 fully saturated rings. The van der Waals surface area contributed by atoms with Gasteiger partial charge in [0.1, 0.15) is 6.10 Å². The third-order valence-electron chi connectivity index (χ3n) is 8.44. The van der Waals surface area contributed by atoms with Crippen LogP contribution >= 0.6 is 15.9 Å². The summed E-state index contributed by atoms with van der Waals surface area (Å²) in [6, 6.07) is 10.4. The van der Waals surface area contributed by atoms with Crippen molar-refractivity contribution >= 4 is 34.9 Å². The smallest absolute Gasteiger partial charge is 0.457 e. The lowest BCUT2D eigenvalue weighted by molar-refractivity contribution is -0.147. The molecule has 6 nitrogen and oxygen atoms in total. The van der Waals surface area contributed by atoms with E-state index < -0.39 is 0 Å². The number of aryl methyl sites for hydroxylation is 1. The molecule has 1 aliphatic carbocycles. The fourth-order valence-electron chi connectivity index (χ4n) is 6.10. The number of allylic oxidation sites excluding steroid dienone is 2. The molecule has 0 radical (unpaired) electrons. The fourth-order valence-corrected chi connectivity index (χ4v) is 6.49. The van der Waals surface area contributed by atoms with Gasteiger partial charge in [0.05, 0.1) is 6.10 Å². The standard InChI is InChI=1S/C35H53BBrNO5/c1-3-5-25-36-42-32-27-33(43-36)31(30(32)18-12-6-7-13-19-34(39)38-4-2)24-23-29(22-21-28-16-10-8-11-17-28)41-35(40)20-14-9-15-26-37/h6,8,10-12,16-17,23-24,29-33H,3-5,7,9,13-15,18-22,25-27H2,1-2H3,(H,38,39)/t29-,30+,31+,32?,33?/m0/s1. The molecule has 0 spiro atoms. The SMILES string of the molecule is CCCCB1OC2CC(O1)[C@H](CC=CCCCC(=O)NCC)[C@H]2C=C[C@H](CCc1ccccc1)OC(=O)CCCCCBr. The number of benzene rings is 1. The van der Waals surface area contributed by atoms with Gasteiger partial charge in [-0.15, -0.1) is 0 Å². The lowest BCUT2D eigenvalue weighted by Gasteiger charge is -2.27. The van der Waals surface area contributed by atoms with Crippen LogP contribution in [0.5, 0.6) is 0 Å². The molecular formula is C35H53BBrNO5. The van der Waals surface area contributed by atoms with Crippen LogP contribution < -0.4 is 5.32 Å². The Balaban J connectivity index is 1.67. The van der Waals surface area contributed by atoms with Gasteiger partial charge >= 0.3 is 13.1 Å². The number of fused-ring (bicyclic) bond motifs is 2. The molecule has 3 rings (SSSR count). The minimum atomic E-state index is -0.272. The largest absolute Gasteiger partial charge is 0.458 e. The van der Waals surface area contributed by atoms with Gasteiger partial charge in [-0.3, -0.25) is 9.59 Å². The molecule has 43 heavy (non-hydrogen) atoms. The van der Waals surface area contributed by atoms with Crippen LogP contribution in [0.25, 0.3) is 0 Å². The van der Waals surface area contributed by atoms with Gasteiger partial charge in [-0.1, -0.05) is 90.7 Å². The molecule has 5 atom stereocenters. The van der Waals surface area contributed by atoms with Crippen LogP contribution in [0.3, 0.4) is 0 Å². The number of ether oxygens (including phenoxy) is 1. The maximum atomic E-state index is 12.8. The van der Waals surface area contributed by atoms with Crippen molar-refractivity contribution in [3.05, 3.63) is 60.2 Å². The molecule has 2 bridgehead atoms. The second-order valence-corrected chi connectivity index (χ2v) is 12.7. The molecule has 1 aromatic carbocycles. The zero-order valence-electron chi connectivity index (χ0n) is 26.4. The molecule has 238 valence electrons. The zero-order chi connectivity index (χ0) is 30.7. The third kappa shape index (κ3) is 13.3. The molecule has 8 heteroatoms. The molecule has 1 aliphatic heterocycles. The van der Waals surface area contributed by atoms with E-state index in [9.17, 15) is 9.59 Å². The minimum absolute atomic E-state index is 0.114. The Kier molecular flexibility index (Phi) is 17.3. The number of carbonyl (C=O) groups is 2. The van der Waals surface area contributed by atoms with Crippen molar-refractivity contribution in [1.29, 1.82) is 0 Å². The van der Waals surface area contributed by atoms with Crippen LogP contribution in [0.2, 0.25) is 6.32 Å². The highest BCUT2D eigenvalue weighted by Crippen LogP contribution is 2.44. The van der Waals surface area contributed by atoms with Gasteiger partial charge in [-0.25, -0.2) is 0 Å². The van der Waals surface area contributed by atoms with E-state index in [0.717, 1.165) is 82.3 Å². The molecule has 1 amide bonds. The Morgan fingerprint density at radius 2 is 1.86 bits per heavy atom. The second kappa shape index (κ2) is 21.0. The first-order valence-electron chi connectivity index (χ1n) is 16.7. The molecule has 1 saturated carbocycles. The predicted octanol–water partition coefficient (Wildman–Crippen LogP) is 8.00. The van der Waals surface area contributed by atoms with Crippen molar-refractivity contribution in [2.45, 2.75) is 122 Å². The lowest BCUT2D eigenvalue weighted by atomic mass is 9.80. The number of hydrogen-bond acceptors (Lipinski definition) is 5. The first-order chi connectivity index (χ1) is 21.0. The van der Waals surface area contributed by atoms with Gasteiger partial charge in [-0.05, 0) is 82.2 Å². The van der Waals surface area contributed by atoms with E-state index >= 15 is 0 Å². The van der Waals surface area contributed by atoms with Crippen molar-refractivity contribution in [3.8, 4) is 0 Å².